The molecule has 1 aromatic carbocycles. The molecule has 0 saturated carbocycles. The zero-order valence-corrected chi connectivity index (χ0v) is 17.4. The summed E-state index contributed by atoms with van der Waals surface area (Å²) < 4.78 is 0. The molecular weight excluding hydrogens is 380 g/mol. The highest BCUT2D eigenvalue weighted by Gasteiger charge is 2.28. The summed E-state index contributed by atoms with van der Waals surface area (Å²) in [5, 5.41) is 3.29. The Kier molecular flexibility index (Phi) is 6.00. The van der Waals surface area contributed by atoms with E-state index in [1.54, 1.807) is 0 Å². The molecule has 0 bridgehead atoms. The molecule has 2 fully saturated rings. The maximum Gasteiger partial charge on any atom is 0.233 e. The quantitative estimate of drug-likeness (QED) is 0.449. The molecule has 3 heterocycles. The summed E-state index contributed by atoms with van der Waals surface area (Å²) in [6.07, 6.45) is 1.58. The van der Waals surface area contributed by atoms with Crippen LogP contribution in [-0.4, -0.2) is 65.3 Å². The Bertz CT molecular complexity index is 793. The van der Waals surface area contributed by atoms with Crippen molar-refractivity contribution in [3.63, 3.8) is 0 Å². The first-order valence-electron chi connectivity index (χ1n) is 10.5. The number of hydrogen-bond acceptors (Lipinski definition) is 10. The lowest BCUT2D eigenvalue weighted by atomic mass is 10.0. The third-order valence-electron chi connectivity index (χ3n) is 5.52. The van der Waals surface area contributed by atoms with E-state index < -0.39 is 0 Å². The van der Waals surface area contributed by atoms with Crippen LogP contribution < -0.4 is 38.1 Å². The molecule has 2 aliphatic rings. The van der Waals surface area contributed by atoms with Crippen LogP contribution in [0.2, 0.25) is 0 Å². The van der Waals surface area contributed by atoms with Gasteiger partial charge in [0.25, 0.3) is 0 Å². The molecule has 0 spiro atoms. The van der Waals surface area contributed by atoms with Gasteiger partial charge in [0, 0.05) is 56.0 Å². The Morgan fingerprint density at radius 2 is 1.17 bits per heavy atom. The molecule has 9 N–H and O–H groups in total. The van der Waals surface area contributed by atoms with E-state index in [1.165, 1.54) is 5.56 Å². The van der Waals surface area contributed by atoms with Crippen LogP contribution in [0.4, 0.5) is 23.5 Å². The minimum absolute atomic E-state index is 0.0145. The standard InChI is InChI=1S/C20H32N10/c1-12-2-4-17(5-3-12)25-18-26-19(29-8-13(21)6-14(22)9-29)28-20(27-18)30-10-15(23)7-16(24)11-30/h2-5,13-16H,6-11,21-24H2,1H3,(H,25,26,27,28)/t13-,14+,15-,16+. The lowest BCUT2D eigenvalue weighted by Crippen LogP contribution is -2.54. The summed E-state index contributed by atoms with van der Waals surface area (Å²) >= 11 is 0. The van der Waals surface area contributed by atoms with Crippen LogP contribution >= 0.6 is 0 Å². The average molecular weight is 413 g/mol. The third-order valence-corrected chi connectivity index (χ3v) is 5.52. The number of nitrogens with two attached hydrogens (primary N) is 4. The fourth-order valence-electron chi connectivity index (χ4n) is 4.14. The van der Waals surface area contributed by atoms with Crippen molar-refractivity contribution in [2.75, 3.05) is 41.3 Å². The molecule has 0 radical (unpaired) electrons. The highest BCUT2D eigenvalue weighted by molar-refractivity contribution is 5.57. The van der Waals surface area contributed by atoms with Crippen molar-refractivity contribution in [1.29, 1.82) is 0 Å². The molecule has 2 aliphatic heterocycles. The fourth-order valence-corrected chi connectivity index (χ4v) is 4.14. The molecule has 10 nitrogen and oxygen atoms in total. The van der Waals surface area contributed by atoms with Crippen molar-refractivity contribution in [2.45, 2.75) is 43.9 Å². The van der Waals surface area contributed by atoms with Gasteiger partial charge in [0.15, 0.2) is 0 Å². The van der Waals surface area contributed by atoms with E-state index in [0.717, 1.165) is 18.5 Å². The van der Waals surface area contributed by atoms with Gasteiger partial charge >= 0.3 is 0 Å². The molecule has 1 aromatic heterocycles. The van der Waals surface area contributed by atoms with Crippen LogP contribution in [0, 0.1) is 6.92 Å². The Balaban J connectivity index is 1.67. The summed E-state index contributed by atoms with van der Waals surface area (Å²) in [5.41, 5.74) is 26.9. The molecule has 2 aromatic rings. The minimum atomic E-state index is -0.0145. The van der Waals surface area contributed by atoms with Crippen LogP contribution in [0.5, 0.6) is 0 Å². The molecule has 10 heteroatoms. The van der Waals surface area contributed by atoms with E-state index in [-0.39, 0.29) is 24.2 Å². The van der Waals surface area contributed by atoms with Crippen molar-refractivity contribution in [3.05, 3.63) is 29.8 Å². The van der Waals surface area contributed by atoms with Crippen LogP contribution in [0.1, 0.15) is 18.4 Å². The zero-order valence-electron chi connectivity index (χ0n) is 17.4. The van der Waals surface area contributed by atoms with Crippen molar-refractivity contribution in [2.24, 2.45) is 22.9 Å². The van der Waals surface area contributed by atoms with Gasteiger partial charge in [-0.3, -0.25) is 0 Å². The van der Waals surface area contributed by atoms with Gasteiger partial charge in [-0.05, 0) is 31.9 Å². The van der Waals surface area contributed by atoms with Gasteiger partial charge in [-0.2, -0.15) is 15.0 Å². The lowest BCUT2D eigenvalue weighted by Gasteiger charge is -2.37. The SMILES string of the molecule is Cc1ccc(Nc2nc(N3C[C@H](N)C[C@H](N)C3)nc(N3C[C@H](N)C[C@H](N)C3)n2)cc1. The van der Waals surface area contributed by atoms with Crippen LogP contribution in [0.15, 0.2) is 24.3 Å². The Hall–Kier alpha value is -2.53. The van der Waals surface area contributed by atoms with E-state index >= 15 is 0 Å². The number of rotatable bonds is 4. The molecule has 162 valence electrons. The summed E-state index contributed by atoms with van der Waals surface area (Å²) in [6, 6.07) is 8.01. The Morgan fingerprint density at radius 1 is 0.733 bits per heavy atom. The molecular formula is C20H32N10. The van der Waals surface area contributed by atoms with Gasteiger partial charge in [-0.1, -0.05) is 17.7 Å². The maximum atomic E-state index is 6.19. The number of anilines is 4. The molecule has 4 rings (SSSR count). The summed E-state index contributed by atoms with van der Waals surface area (Å²) in [4.78, 5) is 18.2. The van der Waals surface area contributed by atoms with Gasteiger partial charge in [0.1, 0.15) is 0 Å². The smallest absolute Gasteiger partial charge is 0.233 e. The third kappa shape index (κ3) is 4.96. The number of benzene rings is 1. The molecule has 4 atom stereocenters. The first-order chi connectivity index (χ1) is 14.4. The predicted octanol–water partition coefficient (Wildman–Crippen LogP) is -0.347. The Labute approximate surface area is 177 Å². The molecule has 0 aliphatic carbocycles. The lowest BCUT2D eigenvalue weighted by molar-refractivity contribution is 0.441. The molecule has 0 amide bonds. The number of hydrogen-bond donors (Lipinski definition) is 5. The second-order valence-electron chi connectivity index (χ2n) is 8.57. The highest BCUT2D eigenvalue weighted by Crippen LogP contribution is 2.23. The highest BCUT2D eigenvalue weighted by atomic mass is 15.4. The van der Waals surface area contributed by atoms with Crippen molar-refractivity contribution in [1.82, 2.24) is 15.0 Å². The molecule has 0 unspecified atom stereocenters. The van der Waals surface area contributed by atoms with Gasteiger partial charge < -0.3 is 38.1 Å². The largest absolute Gasteiger partial charge is 0.338 e. The average Bonchev–Trinajstić information content (AvgIpc) is 2.68. The fraction of sp³-hybridized carbons (Fsp3) is 0.550. The summed E-state index contributed by atoms with van der Waals surface area (Å²) in [5.74, 6) is 1.60. The van der Waals surface area contributed by atoms with Gasteiger partial charge in [0.2, 0.25) is 17.8 Å². The second-order valence-corrected chi connectivity index (χ2v) is 8.57. The summed E-state index contributed by atoms with van der Waals surface area (Å²) in [7, 11) is 0. The van der Waals surface area contributed by atoms with Crippen LogP contribution in [0.3, 0.4) is 0 Å². The first kappa shape index (κ1) is 20.7. The number of aryl methyl sites for hydroxylation is 1. The van der Waals surface area contributed by atoms with Gasteiger partial charge in [-0.15, -0.1) is 0 Å². The van der Waals surface area contributed by atoms with Crippen LogP contribution in [0.25, 0.3) is 0 Å². The van der Waals surface area contributed by atoms with E-state index in [1.807, 2.05) is 34.1 Å². The Morgan fingerprint density at radius 3 is 1.60 bits per heavy atom. The van der Waals surface area contributed by atoms with Crippen LogP contribution in [-0.2, 0) is 0 Å². The molecule has 30 heavy (non-hydrogen) atoms. The minimum Gasteiger partial charge on any atom is -0.338 e. The van der Waals surface area contributed by atoms with Crippen molar-refractivity contribution < 1.29 is 0 Å². The number of aromatic nitrogens is 3. The number of nitrogens with zero attached hydrogens (tertiary/aromatic N) is 5. The predicted molar refractivity (Wildman–Crippen MR) is 120 cm³/mol. The first-order valence-corrected chi connectivity index (χ1v) is 10.5. The monoisotopic (exact) mass is 412 g/mol. The number of nitrogens with one attached hydrogen (secondary N) is 1. The van der Waals surface area contributed by atoms with E-state index in [2.05, 4.69) is 22.2 Å². The maximum absolute atomic E-state index is 6.19. The summed E-state index contributed by atoms with van der Waals surface area (Å²) in [6.45, 7) is 4.66. The molecule has 2 saturated heterocycles. The van der Waals surface area contributed by atoms with E-state index in [4.69, 9.17) is 27.9 Å². The van der Waals surface area contributed by atoms with E-state index in [9.17, 15) is 0 Å². The van der Waals surface area contributed by atoms with Gasteiger partial charge in [0.05, 0.1) is 0 Å². The number of piperidine rings is 2. The van der Waals surface area contributed by atoms with E-state index in [0.29, 0.717) is 44.0 Å². The van der Waals surface area contributed by atoms with Crippen molar-refractivity contribution >= 4 is 23.5 Å². The topological polar surface area (TPSA) is 161 Å². The second kappa shape index (κ2) is 8.68. The van der Waals surface area contributed by atoms with Gasteiger partial charge in [-0.25, -0.2) is 0 Å². The normalized spacial score (nSPS) is 27.2. The van der Waals surface area contributed by atoms with Crippen molar-refractivity contribution in [3.8, 4) is 0 Å². The zero-order chi connectivity index (χ0) is 21.3.